The molecule has 1 aliphatic rings. The van der Waals surface area contributed by atoms with Crippen LogP contribution in [0.5, 0.6) is 0 Å². The maximum atomic E-state index is 4.50. The number of hydrogen-bond donors (Lipinski definition) is 1. The molecule has 17 heavy (non-hydrogen) atoms. The zero-order valence-corrected chi connectivity index (χ0v) is 10.9. The zero-order chi connectivity index (χ0) is 12.1. The van der Waals surface area contributed by atoms with Crippen LogP contribution in [0.1, 0.15) is 37.4 Å². The van der Waals surface area contributed by atoms with Gasteiger partial charge in [-0.15, -0.1) is 0 Å². The van der Waals surface area contributed by atoms with Crippen molar-refractivity contribution in [3.8, 4) is 0 Å². The van der Waals surface area contributed by atoms with Gasteiger partial charge in [-0.25, -0.2) is 0 Å². The number of pyridine rings is 1. The molecule has 0 bridgehead atoms. The molecule has 0 aliphatic carbocycles. The smallest absolute Gasteiger partial charge is 0.0575 e. The van der Waals surface area contributed by atoms with Crippen LogP contribution in [0.25, 0.3) is 0 Å². The van der Waals surface area contributed by atoms with E-state index < -0.39 is 0 Å². The summed E-state index contributed by atoms with van der Waals surface area (Å²) >= 11 is 0. The van der Waals surface area contributed by atoms with E-state index in [-0.39, 0.29) is 0 Å². The van der Waals surface area contributed by atoms with E-state index in [4.69, 9.17) is 0 Å². The molecule has 2 heterocycles. The van der Waals surface area contributed by atoms with Crippen molar-refractivity contribution in [1.29, 1.82) is 0 Å². The standard InChI is InChI=1S/C14H23N3/c1-17(2)14(13-8-4-6-10-16-13)11-12-7-3-5-9-15-12/h4,6,8,10,12,14-15H,3,5,7,9,11H2,1-2H3. The predicted octanol–water partition coefficient (Wildman–Crippen LogP) is 2.22. The molecule has 0 amide bonds. The molecule has 3 nitrogen and oxygen atoms in total. The molecular formula is C14H23N3. The van der Waals surface area contributed by atoms with Crippen LogP contribution >= 0.6 is 0 Å². The zero-order valence-electron chi connectivity index (χ0n) is 10.9. The fourth-order valence-electron chi connectivity index (χ4n) is 2.56. The third kappa shape index (κ3) is 3.51. The third-order valence-corrected chi connectivity index (χ3v) is 3.57. The average Bonchev–Trinajstić information content (AvgIpc) is 2.38. The Morgan fingerprint density at radius 1 is 1.41 bits per heavy atom. The number of nitrogens with one attached hydrogen (secondary N) is 1. The summed E-state index contributed by atoms with van der Waals surface area (Å²) in [6.07, 6.45) is 7.04. The van der Waals surface area contributed by atoms with Crippen LogP contribution < -0.4 is 5.32 Å². The summed E-state index contributed by atoms with van der Waals surface area (Å²) in [6, 6.07) is 7.26. The van der Waals surface area contributed by atoms with Crippen molar-refractivity contribution in [2.45, 2.75) is 37.8 Å². The molecule has 0 saturated carbocycles. The molecule has 0 radical (unpaired) electrons. The number of rotatable bonds is 4. The van der Waals surface area contributed by atoms with E-state index in [1.54, 1.807) is 0 Å². The summed E-state index contributed by atoms with van der Waals surface area (Å²) in [6.45, 7) is 1.17. The first-order valence-corrected chi connectivity index (χ1v) is 6.58. The molecule has 1 aromatic rings. The van der Waals surface area contributed by atoms with E-state index in [9.17, 15) is 0 Å². The molecule has 3 heteroatoms. The lowest BCUT2D eigenvalue weighted by molar-refractivity contribution is 0.236. The minimum Gasteiger partial charge on any atom is -0.314 e. The molecule has 0 spiro atoms. The van der Waals surface area contributed by atoms with Crippen molar-refractivity contribution < 1.29 is 0 Å². The van der Waals surface area contributed by atoms with Crippen LogP contribution in [0.2, 0.25) is 0 Å². The third-order valence-electron chi connectivity index (χ3n) is 3.57. The molecular weight excluding hydrogens is 210 g/mol. The normalized spacial score (nSPS) is 22.6. The lowest BCUT2D eigenvalue weighted by atomic mass is 9.96. The van der Waals surface area contributed by atoms with E-state index in [1.165, 1.54) is 31.5 Å². The highest BCUT2D eigenvalue weighted by Crippen LogP contribution is 2.24. The van der Waals surface area contributed by atoms with Crippen LogP contribution in [0.15, 0.2) is 24.4 Å². The Hall–Kier alpha value is -0.930. The topological polar surface area (TPSA) is 28.2 Å². The van der Waals surface area contributed by atoms with Crippen LogP contribution in [-0.4, -0.2) is 36.6 Å². The molecule has 1 aromatic heterocycles. The fourth-order valence-corrected chi connectivity index (χ4v) is 2.56. The van der Waals surface area contributed by atoms with Gasteiger partial charge in [0.2, 0.25) is 0 Å². The molecule has 1 fully saturated rings. The molecule has 2 atom stereocenters. The maximum Gasteiger partial charge on any atom is 0.0575 e. The Labute approximate surface area is 104 Å². The molecule has 94 valence electrons. The summed E-state index contributed by atoms with van der Waals surface area (Å²) in [5.41, 5.74) is 1.19. The molecule has 2 unspecified atom stereocenters. The Balaban J connectivity index is 2.02. The first kappa shape index (κ1) is 12.5. The first-order valence-electron chi connectivity index (χ1n) is 6.58. The number of nitrogens with zero attached hydrogens (tertiary/aromatic N) is 2. The minimum absolute atomic E-state index is 0.423. The highest BCUT2D eigenvalue weighted by molar-refractivity contribution is 5.09. The average molecular weight is 233 g/mol. The van der Waals surface area contributed by atoms with Gasteiger partial charge in [-0.2, -0.15) is 0 Å². The molecule has 1 aliphatic heterocycles. The highest BCUT2D eigenvalue weighted by Gasteiger charge is 2.21. The predicted molar refractivity (Wildman–Crippen MR) is 70.9 cm³/mol. The van der Waals surface area contributed by atoms with Crippen molar-refractivity contribution in [1.82, 2.24) is 15.2 Å². The van der Waals surface area contributed by atoms with Crippen LogP contribution in [0, 0.1) is 0 Å². The van der Waals surface area contributed by atoms with Gasteiger partial charge in [0.25, 0.3) is 0 Å². The quantitative estimate of drug-likeness (QED) is 0.864. The summed E-state index contributed by atoms with van der Waals surface area (Å²) in [4.78, 5) is 6.77. The van der Waals surface area contributed by atoms with Crippen LogP contribution in [0.3, 0.4) is 0 Å². The number of piperidine rings is 1. The number of aromatic nitrogens is 1. The summed E-state index contributed by atoms with van der Waals surface area (Å²) < 4.78 is 0. The van der Waals surface area contributed by atoms with Gasteiger partial charge in [0.05, 0.1) is 11.7 Å². The van der Waals surface area contributed by atoms with E-state index >= 15 is 0 Å². The van der Waals surface area contributed by atoms with Gasteiger partial charge in [0.1, 0.15) is 0 Å². The second-order valence-electron chi connectivity index (χ2n) is 5.12. The van der Waals surface area contributed by atoms with Crippen molar-refractivity contribution in [2.24, 2.45) is 0 Å². The van der Waals surface area contributed by atoms with E-state index in [0.717, 1.165) is 6.42 Å². The van der Waals surface area contributed by atoms with Crippen molar-refractivity contribution in [2.75, 3.05) is 20.6 Å². The summed E-state index contributed by atoms with van der Waals surface area (Å²) in [5, 5.41) is 3.62. The second-order valence-corrected chi connectivity index (χ2v) is 5.12. The van der Waals surface area contributed by atoms with Crippen molar-refractivity contribution in [3.63, 3.8) is 0 Å². The van der Waals surface area contributed by atoms with Gasteiger partial charge in [-0.1, -0.05) is 12.5 Å². The van der Waals surface area contributed by atoms with Gasteiger partial charge in [-0.05, 0) is 52.0 Å². The highest BCUT2D eigenvalue weighted by atomic mass is 15.1. The first-order chi connectivity index (χ1) is 8.27. The minimum atomic E-state index is 0.423. The van der Waals surface area contributed by atoms with E-state index in [1.807, 2.05) is 12.3 Å². The Morgan fingerprint density at radius 2 is 2.29 bits per heavy atom. The van der Waals surface area contributed by atoms with E-state index in [0.29, 0.717) is 12.1 Å². The van der Waals surface area contributed by atoms with Gasteiger partial charge in [0, 0.05) is 12.2 Å². The van der Waals surface area contributed by atoms with E-state index in [2.05, 4.69) is 41.4 Å². The summed E-state index contributed by atoms with van der Waals surface area (Å²) in [5.74, 6) is 0. The van der Waals surface area contributed by atoms with Gasteiger partial charge < -0.3 is 10.2 Å². The number of hydrogen-bond acceptors (Lipinski definition) is 3. The lowest BCUT2D eigenvalue weighted by Gasteiger charge is -2.31. The van der Waals surface area contributed by atoms with Crippen LogP contribution in [0.4, 0.5) is 0 Å². The van der Waals surface area contributed by atoms with Crippen molar-refractivity contribution in [3.05, 3.63) is 30.1 Å². The molecule has 0 aromatic carbocycles. The Bertz CT molecular complexity index is 317. The maximum absolute atomic E-state index is 4.50. The van der Waals surface area contributed by atoms with Crippen LogP contribution in [-0.2, 0) is 0 Å². The van der Waals surface area contributed by atoms with Gasteiger partial charge in [-0.3, -0.25) is 4.98 Å². The molecule has 1 N–H and O–H groups in total. The Kier molecular flexibility index (Phi) is 4.51. The monoisotopic (exact) mass is 233 g/mol. The fraction of sp³-hybridized carbons (Fsp3) is 0.643. The molecule has 2 rings (SSSR count). The molecule has 1 saturated heterocycles. The van der Waals surface area contributed by atoms with Gasteiger partial charge >= 0.3 is 0 Å². The Morgan fingerprint density at radius 3 is 2.88 bits per heavy atom. The summed E-state index contributed by atoms with van der Waals surface area (Å²) in [7, 11) is 4.28. The van der Waals surface area contributed by atoms with Crippen molar-refractivity contribution >= 4 is 0 Å². The lowest BCUT2D eigenvalue weighted by Crippen LogP contribution is -2.37. The largest absolute Gasteiger partial charge is 0.314 e. The van der Waals surface area contributed by atoms with Gasteiger partial charge in [0.15, 0.2) is 0 Å². The second kappa shape index (κ2) is 6.12. The SMILES string of the molecule is CN(C)C(CC1CCCCN1)c1ccccn1.